The van der Waals surface area contributed by atoms with Crippen molar-refractivity contribution in [3.63, 3.8) is 0 Å². The average Bonchev–Trinajstić information content (AvgIpc) is 2.05. The standard InChI is InChI=1S/C6H11N3O2S.HI/c1-12-6-7-3-9(4-8-6)2-5(10)11;/h2-4H2,1H3,(H,7,8)(H,10,11);1H. The zero-order chi connectivity index (χ0) is 8.97. The summed E-state index contributed by atoms with van der Waals surface area (Å²) >= 11 is 1.59. The lowest BCUT2D eigenvalue weighted by Gasteiger charge is -2.18. The number of aliphatic carboxylic acids is 1. The highest BCUT2D eigenvalue weighted by Gasteiger charge is 2.18. The van der Waals surface area contributed by atoms with Crippen LogP contribution in [0, 0.1) is 0 Å². The van der Waals surface area contributed by atoms with Crippen LogP contribution in [-0.4, -0.2) is 47.3 Å². The van der Waals surface area contributed by atoms with Crippen LogP contribution in [0.15, 0.2) is 0 Å². The molecule has 0 radical (unpaired) electrons. The Kier molecular flexibility index (Phi) is 6.43. The molecule has 0 fully saturated rings. The Labute approximate surface area is 98.0 Å². The Morgan fingerprint density at radius 3 is 2.92 bits per heavy atom. The largest absolute Gasteiger partial charge is 1.00 e. The molecule has 7 heteroatoms. The van der Waals surface area contributed by atoms with E-state index in [2.05, 4.69) is 10.3 Å². The SMILES string of the molecule is CSC1=[NH+]CN(CC(=O)O)CN1.[I-]. The normalized spacial score (nSPS) is 16.8. The summed E-state index contributed by atoms with van der Waals surface area (Å²) in [5, 5.41) is 12.5. The Morgan fingerprint density at radius 2 is 2.54 bits per heavy atom. The lowest BCUT2D eigenvalue weighted by Crippen LogP contribution is -3.00. The third kappa shape index (κ3) is 4.67. The third-order valence-electron chi connectivity index (χ3n) is 1.49. The highest BCUT2D eigenvalue weighted by Crippen LogP contribution is 1.90. The van der Waals surface area contributed by atoms with Crippen LogP contribution in [0.1, 0.15) is 0 Å². The first-order valence-electron chi connectivity index (χ1n) is 3.55. The molecule has 0 saturated carbocycles. The van der Waals surface area contributed by atoms with Crippen molar-refractivity contribution in [1.82, 2.24) is 10.2 Å². The maximum atomic E-state index is 10.3. The number of hydrogen-bond donors (Lipinski definition) is 3. The zero-order valence-corrected chi connectivity index (χ0v) is 10.2. The number of carbonyl (C=O) groups is 1. The van der Waals surface area contributed by atoms with Gasteiger partial charge in [0, 0.05) is 0 Å². The van der Waals surface area contributed by atoms with E-state index >= 15 is 0 Å². The zero-order valence-electron chi connectivity index (χ0n) is 7.21. The fraction of sp³-hybridized carbons (Fsp3) is 0.667. The van der Waals surface area contributed by atoms with E-state index in [0.717, 1.165) is 5.17 Å². The summed E-state index contributed by atoms with van der Waals surface area (Å²) in [5.74, 6) is -0.800. The Morgan fingerprint density at radius 1 is 1.85 bits per heavy atom. The number of thioether (sulfide) groups is 1. The van der Waals surface area contributed by atoms with Gasteiger partial charge >= 0.3 is 11.1 Å². The molecule has 1 rings (SSSR count). The van der Waals surface area contributed by atoms with Crippen molar-refractivity contribution in [2.24, 2.45) is 0 Å². The van der Waals surface area contributed by atoms with Gasteiger partial charge in [0.05, 0.1) is 0 Å². The molecule has 13 heavy (non-hydrogen) atoms. The minimum atomic E-state index is -0.800. The summed E-state index contributed by atoms with van der Waals surface area (Å²) < 4.78 is 0. The van der Waals surface area contributed by atoms with Crippen LogP contribution in [0.5, 0.6) is 0 Å². The highest BCUT2D eigenvalue weighted by atomic mass is 127. The van der Waals surface area contributed by atoms with Crippen molar-refractivity contribution >= 4 is 22.9 Å². The van der Waals surface area contributed by atoms with Crippen LogP contribution in [0.25, 0.3) is 0 Å². The Bertz CT molecular complexity index is 212. The van der Waals surface area contributed by atoms with Crippen LogP contribution in [0.4, 0.5) is 0 Å². The maximum Gasteiger partial charge on any atom is 0.317 e. The smallest absolute Gasteiger partial charge is 0.317 e. The molecule has 0 aliphatic carbocycles. The van der Waals surface area contributed by atoms with Crippen molar-refractivity contribution in [1.29, 1.82) is 0 Å². The van der Waals surface area contributed by atoms with Gasteiger partial charge in [-0.15, -0.1) is 0 Å². The monoisotopic (exact) mass is 317 g/mol. The molecule has 0 aromatic carbocycles. The Balaban J connectivity index is 0.00000144. The number of halogens is 1. The second kappa shape index (κ2) is 6.44. The lowest BCUT2D eigenvalue weighted by atomic mass is 10.5. The molecule has 1 aliphatic heterocycles. The quantitative estimate of drug-likeness (QED) is 0.444. The molecule has 0 aromatic heterocycles. The summed E-state index contributed by atoms with van der Waals surface area (Å²) in [4.78, 5) is 15.1. The lowest BCUT2D eigenvalue weighted by molar-refractivity contribution is -0.489. The fourth-order valence-corrected chi connectivity index (χ4v) is 1.35. The molecule has 0 aromatic rings. The molecule has 5 nitrogen and oxygen atoms in total. The van der Waals surface area contributed by atoms with Gasteiger partial charge in [-0.3, -0.25) is 15.1 Å². The predicted octanol–water partition coefficient (Wildman–Crippen LogP) is -5.31. The van der Waals surface area contributed by atoms with E-state index in [1.165, 1.54) is 0 Å². The molecule has 76 valence electrons. The summed E-state index contributed by atoms with van der Waals surface area (Å²) in [6.45, 7) is 1.26. The van der Waals surface area contributed by atoms with Gasteiger partial charge < -0.3 is 29.1 Å². The second-order valence-corrected chi connectivity index (χ2v) is 3.24. The van der Waals surface area contributed by atoms with Crippen LogP contribution < -0.4 is 34.3 Å². The number of hydrogen-bond acceptors (Lipinski definition) is 4. The van der Waals surface area contributed by atoms with E-state index in [1.54, 1.807) is 16.7 Å². The van der Waals surface area contributed by atoms with Crippen molar-refractivity contribution in [2.75, 3.05) is 26.1 Å². The van der Waals surface area contributed by atoms with Crippen LogP contribution in [0.3, 0.4) is 0 Å². The van der Waals surface area contributed by atoms with E-state index in [9.17, 15) is 4.79 Å². The van der Waals surface area contributed by atoms with E-state index in [0.29, 0.717) is 13.3 Å². The van der Waals surface area contributed by atoms with Crippen molar-refractivity contribution < 1.29 is 38.9 Å². The van der Waals surface area contributed by atoms with Gasteiger partial charge in [-0.1, -0.05) is 0 Å². The second-order valence-electron chi connectivity index (χ2n) is 2.43. The van der Waals surface area contributed by atoms with E-state index < -0.39 is 5.97 Å². The minimum Gasteiger partial charge on any atom is -1.00 e. The number of carboxylic acids is 1. The van der Waals surface area contributed by atoms with Gasteiger partial charge in [0.1, 0.15) is 19.9 Å². The van der Waals surface area contributed by atoms with Crippen LogP contribution >= 0.6 is 11.8 Å². The van der Waals surface area contributed by atoms with Gasteiger partial charge in [-0.2, -0.15) is 0 Å². The van der Waals surface area contributed by atoms with Gasteiger partial charge in [-0.05, 0) is 18.0 Å². The van der Waals surface area contributed by atoms with Gasteiger partial charge in [-0.25, -0.2) is 4.90 Å². The molecule has 0 saturated heterocycles. The minimum absolute atomic E-state index is 0. The van der Waals surface area contributed by atoms with Crippen molar-refractivity contribution in [3.05, 3.63) is 0 Å². The number of nitrogens with one attached hydrogen (secondary N) is 2. The molecule has 3 N–H and O–H groups in total. The molecule has 0 amide bonds. The topological polar surface area (TPSA) is 66.5 Å². The van der Waals surface area contributed by atoms with Gasteiger partial charge in [0.15, 0.2) is 0 Å². The first-order valence-corrected chi connectivity index (χ1v) is 4.77. The summed E-state index contributed by atoms with van der Waals surface area (Å²) in [7, 11) is 0. The summed E-state index contributed by atoms with van der Waals surface area (Å²) in [6, 6.07) is 0. The van der Waals surface area contributed by atoms with E-state index in [1.807, 2.05) is 6.26 Å². The summed E-state index contributed by atoms with van der Waals surface area (Å²) in [5.41, 5.74) is 0. The molecule has 0 bridgehead atoms. The van der Waals surface area contributed by atoms with Gasteiger partial charge in [0.2, 0.25) is 0 Å². The van der Waals surface area contributed by atoms with Crippen LogP contribution in [-0.2, 0) is 4.79 Å². The van der Waals surface area contributed by atoms with Crippen molar-refractivity contribution in [2.45, 2.75) is 0 Å². The molecule has 0 spiro atoms. The molecule has 0 atom stereocenters. The first kappa shape index (κ1) is 13.0. The fourth-order valence-electron chi connectivity index (χ4n) is 0.933. The third-order valence-corrected chi connectivity index (χ3v) is 2.19. The number of rotatable bonds is 2. The number of nitrogens with zero attached hydrogens (tertiary/aromatic N) is 1. The molecular formula is C6H12IN3O2S. The van der Waals surface area contributed by atoms with E-state index in [4.69, 9.17) is 5.11 Å². The maximum absolute atomic E-state index is 10.3. The van der Waals surface area contributed by atoms with Crippen molar-refractivity contribution in [3.8, 4) is 0 Å². The molecule has 0 unspecified atom stereocenters. The van der Waals surface area contributed by atoms with Gasteiger partial charge in [0.25, 0.3) is 0 Å². The highest BCUT2D eigenvalue weighted by molar-refractivity contribution is 8.12. The predicted molar refractivity (Wildman–Crippen MR) is 46.7 cm³/mol. The summed E-state index contributed by atoms with van der Waals surface area (Å²) in [6.07, 6.45) is 1.96. The molecule has 1 aliphatic rings. The number of carboxylic acid groups (broad SMARTS) is 1. The van der Waals surface area contributed by atoms with E-state index in [-0.39, 0.29) is 30.5 Å². The molecular weight excluding hydrogens is 305 g/mol. The number of amidine groups is 1. The first-order chi connectivity index (χ1) is 5.72. The van der Waals surface area contributed by atoms with Crippen LogP contribution in [0.2, 0.25) is 0 Å². The Hall–Kier alpha value is -0.0200. The molecule has 1 heterocycles. The average molecular weight is 317 g/mol.